The third-order valence-corrected chi connectivity index (χ3v) is 5.34. The van der Waals surface area contributed by atoms with Gasteiger partial charge in [0.2, 0.25) is 0 Å². The SMILES string of the molecule is c1cc(CN(CC2CCCNC2)C2CC2)cc(C2CC2)c1. The summed E-state index contributed by atoms with van der Waals surface area (Å²) < 4.78 is 0. The summed E-state index contributed by atoms with van der Waals surface area (Å²) in [6, 6.07) is 10.3. The molecule has 0 radical (unpaired) electrons. The predicted octanol–water partition coefficient (Wildman–Crippen LogP) is 3.53. The summed E-state index contributed by atoms with van der Waals surface area (Å²) >= 11 is 0. The summed E-state index contributed by atoms with van der Waals surface area (Å²) in [5.74, 6) is 1.74. The van der Waals surface area contributed by atoms with Gasteiger partial charge in [-0.15, -0.1) is 0 Å². The molecule has 0 spiro atoms. The molecular weight excluding hydrogens is 256 g/mol. The molecule has 21 heavy (non-hydrogen) atoms. The highest BCUT2D eigenvalue weighted by Crippen LogP contribution is 2.40. The van der Waals surface area contributed by atoms with Gasteiger partial charge < -0.3 is 5.32 Å². The van der Waals surface area contributed by atoms with E-state index >= 15 is 0 Å². The first-order valence-electron chi connectivity index (χ1n) is 8.92. The van der Waals surface area contributed by atoms with E-state index in [1.807, 2.05) is 0 Å². The first-order chi connectivity index (χ1) is 10.4. The Hall–Kier alpha value is -0.860. The van der Waals surface area contributed by atoms with Crippen molar-refractivity contribution in [2.75, 3.05) is 19.6 Å². The van der Waals surface area contributed by atoms with Crippen LogP contribution in [0.4, 0.5) is 0 Å². The minimum Gasteiger partial charge on any atom is -0.316 e. The van der Waals surface area contributed by atoms with Gasteiger partial charge in [-0.3, -0.25) is 4.90 Å². The average molecular weight is 284 g/mol. The maximum atomic E-state index is 3.57. The summed E-state index contributed by atoms with van der Waals surface area (Å²) in [5, 5.41) is 3.57. The minimum atomic E-state index is 0.867. The second-order valence-corrected chi connectivity index (χ2v) is 7.39. The van der Waals surface area contributed by atoms with E-state index in [1.54, 1.807) is 5.56 Å². The molecule has 114 valence electrons. The molecular formula is C19H28N2. The fourth-order valence-electron chi connectivity index (χ4n) is 3.79. The lowest BCUT2D eigenvalue weighted by Crippen LogP contribution is -2.39. The molecule has 0 aromatic heterocycles. The molecule has 3 aliphatic rings. The molecule has 1 saturated heterocycles. The number of hydrogen-bond acceptors (Lipinski definition) is 2. The fraction of sp³-hybridized carbons (Fsp3) is 0.684. The Morgan fingerprint density at radius 3 is 2.71 bits per heavy atom. The van der Waals surface area contributed by atoms with Crippen LogP contribution in [0.15, 0.2) is 24.3 Å². The van der Waals surface area contributed by atoms with Crippen LogP contribution in [0.2, 0.25) is 0 Å². The van der Waals surface area contributed by atoms with Crippen LogP contribution in [0.1, 0.15) is 55.6 Å². The van der Waals surface area contributed by atoms with Crippen LogP contribution in [-0.4, -0.2) is 30.6 Å². The molecule has 0 amide bonds. The summed E-state index contributed by atoms with van der Waals surface area (Å²) in [5.41, 5.74) is 3.12. The minimum absolute atomic E-state index is 0.867. The van der Waals surface area contributed by atoms with Crippen molar-refractivity contribution in [1.82, 2.24) is 10.2 Å². The Morgan fingerprint density at radius 1 is 1.10 bits per heavy atom. The van der Waals surface area contributed by atoms with Crippen molar-refractivity contribution >= 4 is 0 Å². The molecule has 1 atom stereocenters. The molecule has 1 N–H and O–H groups in total. The van der Waals surface area contributed by atoms with Crippen molar-refractivity contribution < 1.29 is 0 Å². The molecule has 2 saturated carbocycles. The van der Waals surface area contributed by atoms with Crippen LogP contribution in [0, 0.1) is 5.92 Å². The fourth-order valence-corrected chi connectivity index (χ4v) is 3.79. The second-order valence-electron chi connectivity index (χ2n) is 7.39. The quantitative estimate of drug-likeness (QED) is 0.859. The highest BCUT2D eigenvalue weighted by atomic mass is 15.2. The van der Waals surface area contributed by atoms with Gasteiger partial charge in [0, 0.05) is 19.1 Å². The zero-order chi connectivity index (χ0) is 14.1. The molecule has 1 aromatic rings. The van der Waals surface area contributed by atoms with Crippen molar-refractivity contribution in [3.05, 3.63) is 35.4 Å². The monoisotopic (exact) mass is 284 g/mol. The molecule has 0 bridgehead atoms. The van der Waals surface area contributed by atoms with Crippen LogP contribution >= 0.6 is 0 Å². The lowest BCUT2D eigenvalue weighted by Gasteiger charge is -2.30. The van der Waals surface area contributed by atoms with Crippen LogP contribution in [0.3, 0.4) is 0 Å². The van der Waals surface area contributed by atoms with Crippen LogP contribution in [0.25, 0.3) is 0 Å². The summed E-state index contributed by atoms with van der Waals surface area (Å²) in [4.78, 5) is 2.77. The predicted molar refractivity (Wildman–Crippen MR) is 87.4 cm³/mol. The van der Waals surface area contributed by atoms with E-state index in [0.717, 1.165) is 17.9 Å². The maximum absolute atomic E-state index is 3.57. The number of piperidine rings is 1. The van der Waals surface area contributed by atoms with Gasteiger partial charge in [0.1, 0.15) is 0 Å². The van der Waals surface area contributed by atoms with Gasteiger partial charge in [0.05, 0.1) is 0 Å². The number of nitrogens with zero attached hydrogens (tertiary/aromatic N) is 1. The highest BCUT2D eigenvalue weighted by molar-refractivity contribution is 5.29. The molecule has 2 heteroatoms. The van der Waals surface area contributed by atoms with E-state index in [9.17, 15) is 0 Å². The molecule has 1 heterocycles. The van der Waals surface area contributed by atoms with E-state index in [2.05, 4.69) is 34.5 Å². The Bertz CT molecular complexity index is 470. The van der Waals surface area contributed by atoms with Gasteiger partial charge in [-0.1, -0.05) is 24.3 Å². The zero-order valence-electron chi connectivity index (χ0n) is 13.1. The van der Waals surface area contributed by atoms with E-state index in [1.165, 1.54) is 70.3 Å². The van der Waals surface area contributed by atoms with Crippen molar-refractivity contribution in [3.8, 4) is 0 Å². The zero-order valence-corrected chi connectivity index (χ0v) is 13.1. The summed E-state index contributed by atoms with van der Waals surface area (Å²) in [6.07, 6.45) is 8.43. The number of nitrogens with one attached hydrogen (secondary N) is 1. The Kier molecular flexibility index (Phi) is 4.00. The van der Waals surface area contributed by atoms with Crippen molar-refractivity contribution in [2.45, 2.75) is 57.0 Å². The topological polar surface area (TPSA) is 15.3 Å². The smallest absolute Gasteiger partial charge is 0.0236 e. The molecule has 1 aromatic carbocycles. The largest absolute Gasteiger partial charge is 0.316 e. The highest BCUT2D eigenvalue weighted by Gasteiger charge is 2.31. The molecule has 2 aliphatic carbocycles. The van der Waals surface area contributed by atoms with E-state index < -0.39 is 0 Å². The normalized spacial score (nSPS) is 26.2. The lowest BCUT2D eigenvalue weighted by atomic mass is 9.98. The van der Waals surface area contributed by atoms with Crippen molar-refractivity contribution in [1.29, 1.82) is 0 Å². The van der Waals surface area contributed by atoms with Gasteiger partial charge in [-0.25, -0.2) is 0 Å². The Morgan fingerprint density at radius 2 is 2.00 bits per heavy atom. The second kappa shape index (κ2) is 6.10. The van der Waals surface area contributed by atoms with E-state index in [-0.39, 0.29) is 0 Å². The third kappa shape index (κ3) is 3.67. The van der Waals surface area contributed by atoms with E-state index in [0.29, 0.717) is 0 Å². The first kappa shape index (κ1) is 13.8. The maximum Gasteiger partial charge on any atom is 0.0236 e. The van der Waals surface area contributed by atoms with Gasteiger partial charge in [0.25, 0.3) is 0 Å². The van der Waals surface area contributed by atoms with Crippen LogP contribution in [0.5, 0.6) is 0 Å². The van der Waals surface area contributed by atoms with Gasteiger partial charge in [-0.2, -0.15) is 0 Å². The standard InChI is InChI=1S/C19H28N2/c1-3-15(11-18(5-1)17-6-7-17)13-21(19-8-9-19)14-16-4-2-10-20-12-16/h1,3,5,11,16-17,19-20H,2,4,6-10,12-14H2. The first-order valence-corrected chi connectivity index (χ1v) is 8.92. The summed E-state index contributed by atoms with van der Waals surface area (Å²) in [7, 11) is 0. The number of rotatable bonds is 6. The van der Waals surface area contributed by atoms with Crippen molar-refractivity contribution in [2.24, 2.45) is 5.92 Å². The molecule has 2 nitrogen and oxygen atoms in total. The van der Waals surface area contributed by atoms with Gasteiger partial charge >= 0.3 is 0 Å². The van der Waals surface area contributed by atoms with Crippen molar-refractivity contribution in [3.63, 3.8) is 0 Å². The number of benzene rings is 1. The molecule has 1 aliphatic heterocycles. The molecule has 1 unspecified atom stereocenters. The molecule has 4 rings (SSSR count). The van der Waals surface area contributed by atoms with Gasteiger partial charge in [0.15, 0.2) is 0 Å². The van der Waals surface area contributed by atoms with Crippen LogP contribution in [-0.2, 0) is 6.54 Å². The summed E-state index contributed by atoms with van der Waals surface area (Å²) in [6.45, 7) is 4.92. The van der Waals surface area contributed by atoms with Gasteiger partial charge in [-0.05, 0) is 74.6 Å². The third-order valence-electron chi connectivity index (χ3n) is 5.34. The lowest BCUT2D eigenvalue weighted by molar-refractivity contribution is 0.193. The van der Waals surface area contributed by atoms with E-state index in [4.69, 9.17) is 0 Å². The average Bonchev–Trinajstić information content (AvgIpc) is 3.41. The molecule has 3 fully saturated rings. The van der Waals surface area contributed by atoms with Crippen LogP contribution < -0.4 is 5.32 Å². The number of hydrogen-bond donors (Lipinski definition) is 1. The Labute approximate surface area is 128 Å². The Balaban J connectivity index is 1.40.